The van der Waals surface area contributed by atoms with E-state index in [1.165, 1.54) is 12.2 Å². The Hall–Kier alpha value is -0.460. The third-order valence-electron chi connectivity index (χ3n) is 4.63. The van der Waals surface area contributed by atoms with E-state index in [-0.39, 0.29) is 12.1 Å². The third-order valence-corrected chi connectivity index (χ3v) is 5.86. The van der Waals surface area contributed by atoms with Gasteiger partial charge in [-0.05, 0) is 39.0 Å². The van der Waals surface area contributed by atoms with Gasteiger partial charge >= 0.3 is 6.03 Å². The number of hydrogen-bond donors (Lipinski definition) is 2. The van der Waals surface area contributed by atoms with Crippen LogP contribution in [0, 0.1) is 0 Å². The number of thioether (sulfide) groups is 1. The van der Waals surface area contributed by atoms with E-state index < -0.39 is 0 Å². The summed E-state index contributed by atoms with van der Waals surface area (Å²) >= 11 is 2.02. The highest BCUT2D eigenvalue weighted by Crippen LogP contribution is 2.29. The molecule has 6 heteroatoms. The monoisotopic (exact) mass is 328 g/mol. The Bertz CT molecular complexity index is 347. The molecule has 0 aromatic rings. The molecule has 2 rings (SSSR count). The maximum Gasteiger partial charge on any atom is 0.315 e. The van der Waals surface area contributed by atoms with Crippen LogP contribution in [0.3, 0.4) is 0 Å². The first-order valence-electron chi connectivity index (χ1n) is 8.66. The molecular weight excluding hydrogens is 296 g/mol. The minimum Gasteiger partial charge on any atom is -0.335 e. The van der Waals surface area contributed by atoms with Gasteiger partial charge in [0.05, 0.1) is 0 Å². The van der Waals surface area contributed by atoms with Gasteiger partial charge in [0.15, 0.2) is 0 Å². The Balaban J connectivity index is 1.62. The Morgan fingerprint density at radius 2 is 2.00 bits per heavy atom. The fourth-order valence-electron chi connectivity index (χ4n) is 3.37. The first-order valence-corrected chi connectivity index (χ1v) is 9.71. The van der Waals surface area contributed by atoms with E-state index in [9.17, 15) is 4.79 Å². The van der Waals surface area contributed by atoms with E-state index in [0.717, 1.165) is 50.8 Å². The summed E-state index contributed by atoms with van der Waals surface area (Å²) in [7, 11) is 2.16. The lowest BCUT2D eigenvalue weighted by Crippen LogP contribution is -2.52. The molecule has 2 amide bonds. The smallest absolute Gasteiger partial charge is 0.315 e. The van der Waals surface area contributed by atoms with Crippen LogP contribution >= 0.6 is 11.8 Å². The molecule has 0 spiro atoms. The SMILES string of the molecule is CCS[C@@H]1CC[C@H](NC(=O)N[C@@H](C)CN2CCN(C)CC2)C1. The number of carbonyl (C=O) groups is 1. The fraction of sp³-hybridized carbons (Fsp3) is 0.938. The molecule has 1 aliphatic heterocycles. The highest BCUT2D eigenvalue weighted by atomic mass is 32.2. The average Bonchev–Trinajstić information content (AvgIpc) is 2.88. The van der Waals surface area contributed by atoms with Crippen molar-refractivity contribution in [2.75, 3.05) is 45.5 Å². The van der Waals surface area contributed by atoms with E-state index in [4.69, 9.17) is 0 Å². The second-order valence-electron chi connectivity index (χ2n) is 6.71. The molecule has 2 aliphatic rings. The second-order valence-corrected chi connectivity index (χ2v) is 8.29. The number of hydrogen-bond acceptors (Lipinski definition) is 4. The zero-order chi connectivity index (χ0) is 15.9. The van der Waals surface area contributed by atoms with Gasteiger partial charge in [-0.1, -0.05) is 6.92 Å². The Kier molecular flexibility index (Phi) is 7.31. The topological polar surface area (TPSA) is 47.6 Å². The Morgan fingerprint density at radius 3 is 2.68 bits per heavy atom. The highest BCUT2D eigenvalue weighted by Gasteiger charge is 2.26. The maximum atomic E-state index is 12.1. The second kappa shape index (κ2) is 8.99. The largest absolute Gasteiger partial charge is 0.335 e. The molecule has 0 unspecified atom stereocenters. The van der Waals surface area contributed by atoms with Gasteiger partial charge in [0.2, 0.25) is 0 Å². The van der Waals surface area contributed by atoms with Crippen molar-refractivity contribution in [1.29, 1.82) is 0 Å². The van der Waals surface area contributed by atoms with Crippen LogP contribution in [-0.2, 0) is 0 Å². The van der Waals surface area contributed by atoms with Crippen molar-refractivity contribution in [3.63, 3.8) is 0 Å². The lowest BCUT2D eigenvalue weighted by atomic mass is 10.2. The first-order chi connectivity index (χ1) is 10.6. The number of amides is 2. The molecule has 5 nitrogen and oxygen atoms in total. The number of nitrogens with zero attached hydrogens (tertiary/aromatic N) is 2. The summed E-state index contributed by atoms with van der Waals surface area (Å²) in [6.07, 6.45) is 3.48. The summed E-state index contributed by atoms with van der Waals surface area (Å²) in [5, 5.41) is 6.99. The molecule has 128 valence electrons. The lowest BCUT2D eigenvalue weighted by molar-refractivity contribution is 0.144. The van der Waals surface area contributed by atoms with Gasteiger partial charge in [-0.2, -0.15) is 11.8 Å². The molecule has 0 bridgehead atoms. The number of rotatable bonds is 6. The maximum absolute atomic E-state index is 12.1. The quantitative estimate of drug-likeness (QED) is 0.777. The highest BCUT2D eigenvalue weighted by molar-refractivity contribution is 7.99. The van der Waals surface area contributed by atoms with Crippen molar-refractivity contribution in [3.8, 4) is 0 Å². The molecular formula is C16H32N4OS. The van der Waals surface area contributed by atoms with Crippen molar-refractivity contribution >= 4 is 17.8 Å². The third kappa shape index (κ3) is 5.97. The number of piperazine rings is 1. The zero-order valence-electron chi connectivity index (χ0n) is 14.3. The van der Waals surface area contributed by atoms with Crippen molar-refractivity contribution < 1.29 is 4.79 Å². The Morgan fingerprint density at radius 1 is 1.27 bits per heavy atom. The van der Waals surface area contributed by atoms with Crippen LogP contribution in [-0.4, -0.2) is 78.7 Å². The molecule has 22 heavy (non-hydrogen) atoms. The van der Waals surface area contributed by atoms with Crippen LogP contribution in [0.25, 0.3) is 0 Å². The van der Waals surface area contributed by atoms with Crippen molar-refractivity contribution in [1.82, 2.24) is 20.4 Å². The van der Waals surface area contributed by atoms with Crippen molar-refractivity contribution in [2.24, 2.45) is 0 Å². The predicted molar refractivity (Wildman–Crippen MR) is 94.6 cm³/mol. The molecule has 1 saturated heterocycles. The van der Waals surface area contributed by atoms with E-state index >= 15 is 0 Å². The van der Waals surface area contributed by atoms with E-state index in [1.807, 2.05) is 11.8 Å². The normalized spacial score (nSPS) is 28.5. The van der Waals surface area contributed by atoms with Crippen LogP contribution in [0.15, 0.2) is 0 Å². The van der Waals surface area contributed by atoms with Crippen LogP contribution in [0.5, 0.6) is 0 Å². The fourth-order valence-corrected chi connectivity index (χ4v) is 4.52. The number of nitrogens with one attached hydrogen (secondary N) is 2. The summed E-state index contributed by atoms with van der Waals surface area (Å²) < 4.78 is 0. The predicted octanol–water partition coefficient (Wildman–Crippen LogP) is 1.60. The van der Waals surface area contributed by atoms with Gasteiger partial charge in [-0.15, -0.1) is 0 Å². The van der Waals surface area contributed by atoms with Crippen molar-refractivity contribution in [3.05, 3.63) is 0 Å². The molecule has 1 heterocycles. The zero-order valence-corrected chi connectivity index (χ0v) is 15.1. The molecule has 1 saturated carbocycles. The van der Waals surface area contributed by atoms with Crippen LogP contribution in [0.1, 0.15) is 33.1 Å². The Labute approximate surface area is 139 Å². The van der Waals surface area contributed by atoms with E-state index in [0.29, 0.717) is 6.04 Å². The van der Waals surface area contributed by atoms with Gasteiger partial charge in [-0.25, -0.2) is 4.79 Å². The number of likely N-dealkylation sites (N-methyl/N-ethyl adjacent to an activating group) is 1. The van der Waals surface area contributed by atoms with Gasteiger partial charge in [0.25, 0.3) is 0 Å². The molecule has 0 radical (unpaired) electrons. The molecule has 1 aliphatic carbocycles. The number of urea groups is 1. The molecule has 2 fully saturated rings. The minimum atomic E-state index is 0.00813. The molecule has 0 aromatic heterocycles. The molecule has 3 atom stereocenters. The van der Waals surface area contributed by atoms with E-state index in [2.05, 4.69) is 41.3 Å². The standard InChI is InChI=1S/C16H32N4OS/c1-4-22-15-6-5-14(11-15)18-16(21)17-13(2)12-20-9-7-19(3)8-10-20/h13-15H,4-12H2,1-3H3,(H2,17,18,21)/t13-,14-,15+/m0/s1. The average molecular weight is 329 g/mol. The first kappa shape index (κ1) is 17.9. The van der Waals surface area contributed by atoms with Crippen LogP contribution in [0.4, 0.5) is 4.79 Å². The van der Waals surface area contributed by atoms with Gasteiger partial charge in [0, 0.05) is 50.1 Å². The van der Waals surface area contributed by atoms with Gasteiger partial charge < -0.3 is 15.5 Å². The van der Waals surface area contributed by atoms with Gasteiger partial charge in [0.1, 0.15) is 0 Å². The van der Waals surface area contributed by atoms with Crippen LogP contribution in [0.2, 0.25) is 0 Å². The summed E-state index contributed by atoms with van der Waals surface area (Å²) in [4.78, 5) is 16.9. The number of carbonyl (C=O) groups excluding carboxylic acids is 1. The van der Waals surface area contributed by atoms with Gasteiger partial charge in [-0.3, -0.25) is 4.90 Å². The lowest BCUT2D eigenvalue weighted by Gasteiger charge is -2.34. The summed E-state index contributed by atoms with van der Waals surface area (Å²) in [5.74, 6) is 1.17. The summed E-state index contributed by atoms with van der Waals surface area (Å²) in [6, 6.07) is 0.569. The minimum absolute atomic E-state index is 0.00813. The summed E-state index contributed by atoms with van der Waals surface area (Å²) in [5.41, 5.74) is 0. The van der Waals surface area contributed by atoms with E-state index in [1.54, 1.807) is 0 Å². The summed E-state index contributed by atoms with van der Waals surface area (Å²) in [6.45, 7) is 9.70. The van der Waals surface area contributed by atoms with Crippen molar-refractivity contribution in [2.45, 2.75) is 50.4 Å². The van der Waals surface area contributed by atoms with Crippen LogP contribution < -0.4 is 10.6 Å². The molecule has 0 aromatic carbocycles. The molecule has 2 N–H and O–H groups in total.